The van der Waals surface area contributed by atoms with E-state index in [2.05, 4.69) is 12.2 Å². The topological polar surface area (TPSA) is 55.1 Å². The quantitative estimate of drug-likeness (QED) is 0.718. The van der Waals surface area contributed by atoms with Gasteiger partial charge < -0.3 is 11.1 Å². The van der Waals surface area contributed by atoms with Gasteiger partial charge in [-0.25, -0.2) is 0 Å². The summed E-state index contributed by atoms with van der Waals surface area (Å²) >= 11 is 6.71. The van der Waals surface area contributed by atoms with Crippen LogP contribution in [0.4, 0.5) is 0 Å². The minimum absolute atomic E-state index is 0.0159. The monoisotopic (exact) mass is 246 g/mol. The third kappa shape index (κ3) is 2.64. The van der Waals surface area contributed by atoms with Gasteiger partial charge in [0.1, 0.15) is 0 Å². The van der Waals surface area contributed by atoms with Gasteiger partial charge in [0.15, 0.2) is 0 Å². The third-order valence-electron chi connectivity index (χ3n) is 3.07. The van der Waals surface area contributed by atoms with Crippen LogP contribution in [0.5, 0.6) is 0 Å². The molecule has 3 nitrogen and oxygen atoms in total. The van der Waals surface area contributed by atoms with Crippen LogP contribution in [0.3, 0.4) is 0 Å². The lowest BCUT2D eigenvalue weighted by Gasteiger charge is -2.39. The molecule has 5 heteroatoms. The Bertz CT molecular complexity index is 264. The first-order chi connectivity index (χ1) is 7.03. The zero-order chi connectivity index (χ0) is 11.5. The second-order valence-corrected chi connectivity index (χ2v) is 5.77. The Labute approximate surface area is 101 Å². The number of thiocarbonyl (C=S) groups is 1. The Morgan fingerprint density at radius 1 is 1.67 bits per heavy atom. The molecule has 1 rings (SSSR count). The average molecular weight is 246 g/mol. The molecule has 0 heterocycles. The van der Waals surface area contributed by atoms with Crippen LogP contribution in [-0.2, 0) is 4.79 Å². The van der Waals surface area contributed by atoms with Crippen molar-refractivity contribution in [2.75, 3.05) is 12.8 Å². The van der Waals surface area contributed by atoms with Crippen LogP contribution < -0.4 is 11.1 Å². The van der Waals surface area contributed by atoms with Crippen LogP contribution in [0.1, 0.15) is 26.2 Å². The van der Waals surface area contributed by atoms with Crippen LogP contribution in [0, 0.1) is 5.41 Å². The fraction of sp³-hybridized carbons (Fsp3) is 0.800. The number of nitrogens with one attached hydrogen (secondary N) is 1. The summed E-state index contributed by atoms with van der Waals surface area (Å²) in [6, 6.07) is 0. The van der Waals surface area contributed by atoms with Crippen LogP contribution in [0.2, 0.25) is 0 Å². The molecule has 0 spiro atoms. The van der Waals surface area contributed by atoms with Gasteiger partial charge in [0, 0.05) is 11.8 Å². The first kappa shape index (κ1) is 12.8. The maximum atomic E-state index is 11.9. The molecule has 1 atom stereocenters. The zero-order valence-electron chi connectivity index (χ0n) is 9.21. The lowest BCUT2D eigenvalue weighted by Crippen LogP contribution is -2.53. The van der Waals surface area contributed by atoms with Crippen molar-refractivity contribution in [1.82, 2.24) is 5.32 Å². The van der Waals surface area contributed by atoms with Crippen molar-refractivity contribution in [2.45, 2.75) is 31.4 Å². The van der Waals surface area contributed by atoms with Crippen LogP contribution in [-0.4, -0.2) is 28.9 Å². The SMILES string of the molecule is CSC(C)CNC(=O)C1(C(N)=S)CCC1. The number of carbonyl (C=O) groups is 1. The first-order valence-electron chi connectivity index (χ1n) is 5.14. The number of nitrogens with two attached hydrogens (primary N) is 1. The average Bonchev–Trinajstić information content (AvgIpc) is 2.11. The Morgan fingerprint density at radius 3 is 2.60 bits per heavy atom. The number of carbonyl (C=O) groups excluding carboxylic acids is 1. The number of hydrogen-bond acceptors (Lipinski definition) is 3. The number of thioether (sulfide) groups is 1. The summed E-state index contributed by atoms with van der Waals surface area (Å²) in [4.78, 5) is 12.3. The van der Waals surface area contributed by atoms with Gasteiger partial charge in [-0.05, 0) is 19.1 Å². The Hall–Kier alpha value is -0.290. The molecule has 1 aliphatic carbocycles. The van der Waals surface area contributed by atoms with Gasteiger partial charge in [0.25, 0.3) is 0 Å². The largest absolute Gasteiger partial charge is 0.392 e. The molecule has 0 aliphatic heterocycles. The molecule has 0 bridgehead atoms. The van der Waals surface area contributed by atoms with Gasteiger partial charge in [-0.1, -0.05) is 25.6 Å². The lowest BCUT2D eigenvalue weighted by molar-refractivity contribution is -0.130. The zero-order valence-corrected chi connectivity index (χ0v) is 10.8. The normalized spacial score (nSPS) is 20.1. The molecular weight excluding hydrogens is 228 g/mol. The molecule has 1 saturated carbocycles. The molecule has 0 aromatic heterocycles. The van der Waals surface area contributed by atoms with E-state index in [9.17, 15) is 4.79 Å². The van der Waals surface area contributed by atoms with Crippen molar-refractivity contribution in [2.24, 2.45) is 11.1 Å². The van der Waals surface area contributed by atoms with E-state index in [-0.39, 0.29) is 5.91 Å². The minimum atomic E-state index is -0.534. The minimum Gasteiger partial charge on any atom is -0.392 e. The molecule has 15 heavy (non-hydrogen) atoms. The van der Waals surface area contributed by atoms with Crippen LogP contribution in [0.15, 0.2) is 0 Å². The number of hydrogen-bond donors (Lipinski definition) is 2. The molecule has 1 fully saturated rings. The van der Waals surface area contributed by atoms with E-state index in [4.69, 9.17) is 18.0 Å². The second-order valence-electron chi connectivity index (χ2n) is 4.06. The van der Waals surface area contributed by atoms with Gasteiger partial charge >= 0.3 is 0 Å². The van der Waals surface area contributed by atoms with Crippen molar-refractivity contribution in [3.05, 3.63) is 0 Å². The predicted molar refractivity (Wildman–Crippen MR) is 69.1 cm³/mol. The maximum Gasteiger partial charge on any atom is 0.233 e. The van der Waals surface area contributed by atoms with Gasteiger partial charge in [-0.3, -0.25) is 4.79 Å². The Balaban J connectivity index is 2.48. The fourth-order valence-electron chi connectivity index (χ4n) is 1.60. The predicted octanol–water partition coefficient (Wildman–Crippen LogP) is 1.31. The fourth-order valence-corrected chi connectivity index (χ4v) is 2.15. The van der Waals surface area contributed by atoms with Crippen molar-refractivity contribution in [1.29, 1.82) is 0 Å². The summed E-state index contributed by atoms with van der Waals surface area (Å²) in [5.41, 5.74) is 5.10. The highest BCUT2D eigenvalue weighted by Gasteiger charge is 2.46. The molecule has 0 radical (unpaired) electrons. The van der Waals surface area contributed by atoms with E-state index >= 15 is 0 Å². The van der Waals surface area contributed by atoms with Crippen LogP contribution in [0.25, 0.3) is 0 Å². The van der Waals surface area contributed by atoms with Gasteiger partial charge in [-0.2, -0.15) is 11.8 Å². The molecule has 0 aromatic rings. The highest BCUT2D eigenvalue weighted by Crippen LogP contribution is 2.41. The molecule has 0 saturated heterocycles. The summed E-state index contributed by atoms with van der Waals surface area (Å²) in [5, 5.41) is 3.36. The van der Waals surface area contributed by atoms with E-state index in [1.807, 2.05) is 6.26 Å². The van der Waals surface area contributed by atoms with Gasteiger partial charge in [0.2, 0.25) is 5.91 Å². The molecular formula is C10H18N2OS2. The molecule has 1 aliphatic rings. The summed E-state index contributed by atoms with van der Waals surface area (Å²) < 4.78 is 0. The molecule has 0 aromatic carbocycles. The lowest BCUT2D eigenvalue weighted by atomic mass is 9.68. The van der Waals surface area contributed by atoms with Crippen LogP contribution >= 0.6 is 24.0 Å². The first-order valence-corrected chi connectivity index (χ1v) is 6.83. The van der Waals surface area contributed by atoms with E-state index in [0.717, 1.165) is 19.3 Å². The molecule has 3 N–H and O–H groups in total. The highest BCUT2D eigenvalue weighted by atomic mass is 32.2. The standard InChI is InChI=1S/C10H18N2OS2/c1-7(15-2)6-12-9(13)10(8(11)14)4-3-5-10/h7H,3-6H2,1-2H3,(H2,11,14)(H,12,13). The van der Waals surface area contributed by atoms with Crippen molar-refractivity contribution in [3.63, 3.8) is 0 Å². The van der Waals surface area contributed by atoms with Crippen molar-refractivity contribution in [3.8, 4) is 0 Å². The summed E-state index contributed by atoms with van der Waals surface area (Å²) in [6.07, 6.45) is 4.69. The molecule has 86 valence electrons. The summed E-state index contributed by atoms with van der Waals surface area (Å²) in [7, 11) is 0. The molecule has 1 unspecified atom stereocenters. The maximum absolute atomic E-state index is 11.9. The Kier molecular flexibility index (Phi) is 4.40. The second kappa shape index (κ2) is 5.16. The number of amides is 1. The number of rotatable bonds is 5. The van der Waals surface area contributed by atoms with E-state index < -0.39 is 5.41 Å². The van der Waals surface area contributed by atoms with E-state index in [0.29, 0.717) is 16.8 Å². The van der Waals surface area contributed by atoms with E-state index in [1.54, 1.807) is 11.8 Å². The highest BCUT2D eigenvalue weighted by molar-refractivity contribution is 7.99. The smallest absolute Gasteiger partial charge is 0.233 e. The third-order valence-corrected chi connectivity index (χ3v) is 4.43. The summed E-state index contributed by atoms with van der Waals surface area (Å²) in [5.74, 6) is 0.0159. The van der Waals surface area contributed by atoms with Gasteiger partial charge in [-0.15, -0.1) is 0 Å². The van der Waals surface area contributed by atoms with Crippen molar-refractivity contribution < 1.29 is 4.79 Å². The molecule has 1 amide bonds. The van der Waals surface area contributed by atoms with Crippen molar-refractivity contribution >= 4 is 34.9 Å². The van der Waals surface area contributed by atoms with Gasteiger partial charge in [0.05, 0.1) is 10.4 Å². The van der Waals surface area contributed by atoms with E-state index in [1.165, 1.54) is 0 Å². The summed E-state index contributed by atoms with van der Waals surface area (Å²) in [6.45, 7) is 2.77. The Morgan fingerprint density at radius 2 is 2.27 bits per heavy atom.